The number of hydrogen-bond acceptors (Lipinski definition) is 2. The summed E-state index contributed by atoms with van der Waals surface area (Å²) in [7, 11) is 0. The smallest absolute Gasteiger partial charge is 0.0827 e. The summed E-state index contributed by atoms with van der Waals surface area (Å²) in [6, 6.07) is 10.7. The molecule has 0 saturated heterocycles. The number of aliphatic hydroxyl groups is 1. The minimum atomic E-state index is -0.360. The third-order valence-corrected chi connectivity index (χ3v) is 5.23. The Morgan fingerprint density at radius 2 is 2.10 bits per heavy atom. The molecule has 0 fully saturated rings. The molecular formula is C17H21NOS. The molecule has 20 heavy (non-hydrogen) atoms. The van der Waals surface area contributed by atoms with E-state index in [0.717, 1.165) is 17.9 Å². The SMILES string of the molecule is CC(C)C(O)c1ccn(CC2CSc3ccccc32)c1. The zero-order valence-electron chi connectivity index (χ0n) is 12.0. The van der Waals surface area contributed by atoms with Crippen molar-refractivity contribution >= 4 is 11.8 Å². The number of benzene rings is 1. The molecule has 0 aliphatic carbocycles. The van der Waals surface area contributed by atoms with Gasteiger partial charge in [-0.05, 0) is 29.2 Å². The van der Waals surface area contributed by atoms with Crippen molar-refractivity contribution in [2.24, 2.45) is 5.92 Å². The Hall–Kier alpha value is -1.19. The van der Waals surface area contributed by atoms with Crippen molar-refractivity contribution in [3.05, 3.63) is 53.9 Å². The standard InChI is InChI=1S/C17H21NOS/c1-12(2)17(19)13-7-8-18(9-13)10-14-11-20-16-6-4-3-5-15(14)16/h3-9,12,14,17,19H,10-11H2,1-2H3. The first-order valence-corrected chi connectivity index (χ1v) is 8.19. The van der Waals surface area contributed by atoms with Gasteiger partial charge in [-0.1, -0.05) is 32.0 Å². The Labute approximate surface area is 124 Å². The summed E-state index contributed by atoms with van der Waals surface area (Å²) in [6.45, 7) is 5.09. The molecule has 1 aliphatic heterocycles. The average molecular weight is 287 g/mol. The first-order valence-electron chi connectivity index (χ1n) is 7.20. The number of hydrogen-bond donors (Lipinski definition) is 1. The maximum absolute atomic E-state index is 10.1. The van der Waals surface area contributed by atoms with Gasteiger partial charge >= 0.3 is 0 Å². The van der Waals surface area contributed by atoms with Crippen molar-refractivity contribution < 1.29 is 5.11 Å². The van der Waals surface area contributed by atoms with E-state index in [-0.39, 0.29) is 12.0 Å². The molecule has 3 heteroatoms. The van der Waals surface area contributed by atoms with Gasteiger partial charge in [0, 0.05) is 35.5 Å². The van der Waals surface area contributed by atoms with Crippen LogP contribution < -0.4 is 0 Å². The van der Waals surface area contributed by atoms with Gasteiger partial charge in [0.25, 0.3) is 0 Å². The first-order chi connectivity index (χ1) is 9.65. The van der Waals surface area contributed by atoms with Crippen molar-refractivity contribution in [2.75, 3.05) is 5.75 Å². The third kappa shape index (κ3) is 2.65. The minimum Gasteiger partial charge on any atom is -0.388 e. The molecule has 2 heterocycles. The topological polar surface area (TPSA) is 25.2 Å². The first kappa shape index (κ1) is 13.8. The van der Waals surface area contributed by atoms with E-state index in [1.54, 1.807) is 0 Å². The molecule has 106 valence electrons. The van der Waals surface area contributed by atoms with Crippen molar-refractivity contribution in [1.82, 2.24) is 4.57 Å². The molecule has 2 nitrogen and oxygen atoms in total. The zero-order chi connectivity index (χ0) is 14.1. The Balaban J connectivity index is 1.74. The predicted octanol–water partition coefficient (Wildman–Crippen LogP) is 4.07. The monoisotopic (exact) mass is 287 g/mol. The second-order valence-corrected chi connectivity index (χ2v) is 6.94. The van der Waals surface area contributed by atoms with Crippen LogP contribution in [0.1, 0.15) is 37.0 Å². The van der Waals surface area contributed by atoms with Crippen molar-refractivity contribution in [2.45, 2.75) is 37.3 Å². The average Bonchev–Trinajstić information content (AvgIpc) is 3.06. The molecule has 1 N–H and O–H groups in total. The highest BCUT2D eigenvalue weighted by atomic mass is 32.2. The molecule has 0 radical (unpaired) electrons. The van der Waals surface area contributed by atoms with Gasteiger partial charge in [-0.15, -0.1) is 11.8 Å². The fourth-order valence-corrected chi connectivity index (χ4v) is 4.01. The molecule has 0 saturated carbocycles. The van der Waals surface area contributed by atoms with Gasteiger partial charge in [0.2, 0.25) is 0 Å². The lowest BCUT2D eigenvalue weighted by Gasteiger charge is -2.14. The Bertz CT molecular complexity index is 590. The maximum Gasteiger partial charge on any atom is 0.0827 e. The molecular weight excluding hydrogens is 266 g/mol. The van der Waals surface area contributed by atoms with E-state index in [0.29, 0.717) is 5.92 Å². The number of aliphatic hydroxyl groups excluding tert-OH is 1. The van der Waals surface area contributed by atoms with Crippen LogP contribution in [0.15, 0.2) is 47.6 Å². The summed E-state index contributed by atoms with van der Waals surface area (Å²) in [5.41, 5.74) is 2.50. The number of thioether (sulfide) groups is 1. The molecule has 2 aromatic rings. The van der Waals surface area contributed by atoms with Crippen LogP contribution in [-0.2, 0) is 6.54 Å². The summed E-state index contributed by atoms with van der Waals surface area (Å²) in [6.07, 6.45) is 3.82. The van der Waals surface area contributed by atoms with Crippen LogP contribution in [-0.4, -0.2) is 15.4 Å². The van der Waals surface area contributed by atoms with Gasteiger partial charge in [-0.25, -0.2) is 0 Å². The van der Waals surface area contributed by atoms with Gasteiger partial charge in [0.05, 0.1) is 6.10 Å². The van der Waals surface area contributed by atoms with Gasteiger partial charge in [0.1, 0.15) is 0 Å². The van der Waals surface area contributed by atoms with Crippen LogP contribution in [0.25, 0.3) is 0 Å². The molecule has 0 bridgehead atoms. The van der Waals surface area contributed by atoms with E-state index in [9.17, 15) is 5.11 Å². The summed E-state index contributed by atoms with van der Waals surface area (Å²) >= 11 is 1.95. The molecule has 0 spiro atoms. The molecule has 1 aliphatic rings. The summed E-state index contributed by atoms with van der Waals surface area (Å²) < 4.78 is 2.22. The molecule has 2 atom stereocenters. The number of aromatic nitrogens is 1. The van der Waals surface area contributed by atoms with Crippen LogP contribution in [0, 0.1) is 5.92 Å². The molecule has 3 rings (SSSR count). The summed E-state index contributed by atoms with van der Waals surface area (Å²) in [5, 5.41) is 10.1. The van der Waals surface area contributed by atoms with Gasteiger partial charge in [0.15, 0.2) is 0 Å². The molecule has 0 amide bonds. The Morgan fingerprint density at radius 3 is 2.90 bits per heavy atom. The van der Waals surface area contributed by atoms with Gasteiger partial charge < -0.3 is 9.67 Å². The zero-order valence-corrected chi connectivity index (χ0v) is 12.8. The van der Waals surface area contributed by atoms with Gasteiger partial charge in [-0.3, -0.25) is 0 Å². The number of fused-ring (bicyclic) bond motifs is 1. The normalized spacial score (nSPS) is 19.3. The quantitative estimate of drug-likeness (QED) is 0.917. The highest BCUT2D eigenvalue weighted by Gasteiger charge is 2.23. The predicted molar refractivity (Wildman–Crippen MR) is 84.1 cm³/mol. The Kier molecular flexibility index (Phi) is 3.90. The fourth-order valence-electron chi connectivity index (χ4n) is 2.77. The summed E-state index contributed by atoms with van der Waals surface area (Å²) in [4.78, 5) is 1.42. The molecule has 1 aromatic carbocycles. The third-order valence-electron chi connectivity index (χ3n) is 3.98. The Morgan fingerprint density at radius 1 is 1.30 bits per heavy atom. The summed E-state index contributed by atoms with van der Waals surface area (Å²) in [5.74, 6) is 1.99. The van der Waals surface area contributed by atoms with Crippen molar-refractivity contribution in [3.63, 3.8) is 0 Å². The lowest BCUT2D eigenvalue weighted by Crippen LogP contribution is -2.08. The number of rotatable bonds is 4. The van der Waals surface area contributed by atoms with E-state index in [4.69, 9.17) is 0 Å². The van der Waals surface area contributed by atoms with Crippen molar-refractivity contribution in [3.8, 4) is 0 Å². The maximum atomic E-state index is 10.1. The molecule has 2 unspecified atom stereocenters. The lowest BCUT2D eigenvalue weighted by molar-refractivity contribution is 0.127. The largest absolute Gasteiger partial charge is 0.388 e. The van der Waals surface area contributed by atoms with Crippen LogP contribution in [0.4, 0.5) is 0 Å². The lowest BCUT2D eigenvalue weighted by atomic mass is 10.0. The highest BCUT2D eigenvalue weighted by molar-refractivity contribution is 7.99. The second kappa shape index (κ2) is 5.66. The van der Waals surface area contributed by atoms with Crippen molar-refractivity contribution in [1.29, 1.82) is 0 Å². The molecule has 1 aromatic heterocycles. The highest BCUT2D eigenvalue weighted by Crippen LogP contribution is 2.40. The minimum absolute atomic E-state index is 0.258. The van der Waals surface area contributed by atoms with E-state index in [1.807, 2.05) is 31.7 Å². The van der Waals surface area contributed by atoms with Crippen LogP contribution in [0.5, 0.6) is 0 Å². The number of nitrogens with zero attached hydrogens (tertiary/aromatic N) is 1. The van der Waals surface area contributed by atoms with Crippen LogP contribution in [0.3, 0.4) is 0 Å². The second-order valence-electron chi connectivity index (χ2n) is 5.88. The van der Waals surface area contributed by atoms with E-state index in [2.05, 4.69) is 41.2 Å². The fraction of sp³-hybridized carbons (Fsp3) is 0.412. The van der Waals surface area contributed by atoms with Gasteiger partial charge in [-0.2, -0.15) is 0 Å². The van der Waals surface area contributed by atoms with Crippen LogP contribution >= 0.6 is 11.8 Å². The van der Waals surface area contributed by atoms with E-state index < -0.39 is 0 Å². The van der Waals surface area contributed by atoms with Crippen LogP contribution in [0.2, 0.25) is 0 Å². The van der Waals surface area contributed by atoms with E-state index in [1.165, 1.54) is 10.5 Å². The van der Waals surface area contributed by atoms with E-state index >= 15 is 0 Å².